The predicted octanol–water partition coefficient (Wildman–Crippen LogP) is 14.1. The number of aryl methyl sites for hydroxylation is 3. The minimum absolute atomic E-state index is 0.154. The standard InChI is InChI=1S/C29H24N6O2S.C23H19N5O2S.C17H12ClN3/c1-34-11-7-21-5-6-22(12-28(21)34)26-14-23(15-27-29(26)33-10-9-32-27)35(19-20-4-3-8-30-16-20)24-13-25(18-31-17-24)38(2,36)37;1-28-8-5-15-3-4-16(9-22(15)28)20-11-17(12-21-23(20)26-7-6-25-21)27-18-10-19(14-24-13-18)31(2,29)30;1-21-7-4-11-2-3-12(8-16(11)21)14-9-13(18)10-15-17(14)20-6-5-19-15/h3-18H,19H2,1-2H3;3-14,27H,1-2H3;2-10H,1H3. The lowest BCUT2D eigenvalue weighted by atomic mass is 10.0. The summed E-state index contributed by atoms with van der Waals surface area (Å²) in [5.74, 6) is 0. The van der Waals surface area contributed by atoms with Gasteiger partial charge in [0.2, 0.25) is 0 Å². The average Bonchev–Trinajstić information content (AvgIpc) is 1.22. The van der Waals surface area contributed by atoms with E-state index in [-0.39, 0.29) is 9.79 Å². The number of fused-ring (bicyclic) bond motifs is 6. The summed E-state index contributed by atoms with van der Waals surface area (Å²) in [6.45, 7) is 0.449. The molecule has 0 aliphatic heterocycles. The number of hydrogen-bond acceptors (Lipinski definition) is 15. The summed E-state index contributed by atoms with van der Waals surface area (Å²) >= 11 is 6.23. The van der Waals surface area contributed by atoms with Crippen molar-refractivity contribution in [2.75, 3.05) is 22.7 Å². The molecule has 90 heavy (non-hydrogen) atoms. The molecule has 0 spiro atoms. The second-order valence-electron chi connectivity index (χ2n) is 21.7. The summed E-state index contributed by atoms with van der Waals surface area (Å²) in [4.78, 5) is 42.0. The normalized spacial score (nSPS) is 11.7. The number of benzene rings is 6. The fourth-order valence-corrected chi connectivity index (χ4v) is 12.4. The fourth-order valence-electron chi connectivity index (χ4n) is 11.0. The molecule has 9 heterocycles. The molecule has 0 fully saturated rings. The number of halogens is 1. The Hall–Kier alpha value is -10.8. The van der Waals surface area contributed by atoms with Gasteiger partial charge in [-0.05, 0) is 129 Å². The molecule has 0 radical (unpaired) electrons. The molecule has 0 bridgehead atoms. The zero-order chi connectivity index (χ0) is 62.3. The molecule has 444 valence electrons. The highest BCUT2D eigenvalue weighted by molar-refractivity contribution is 7.91. The molecule has 0 amide bonds. The SMILES string of the molecule is Cn1ccc2ccc(-c3cc(Cl)cc4nccnc34)cc21.Cn1ccc2ccc(-c3cc(N(Cc4cccnc4)c4cncc(S(C)(=O)=O)c4)cc4nccnc34)cc21.Cn1ccc2ccc(-c3cc(Nc4cncc(S(C)(=O)=O)c4)cc4nccnc34)cc21. The Balaban J connectivity index is 0.000000129. The van der Waals surface area contributed by atoms with Crippen LogP contribution in [0.5, 0.6) is 0 Å². The van der Waals surface area contributed by atoms with Crippen LogP contribution in [0.25, 0.3) is 99.2 Å². The topological polar surface area (TPSA) is 214 Å². The van der Waals surface area contributed by atoms with Crippen molar-refractivity contribution in [3.05, 3.63) is 237 Å². The predicted molar refractivity (Wildman–Crippen MR) is 357 cm³/mol. The van der Waals surface area contributed by atoms with Crippen LogP contribution in [0.2, 0.25) is 5.02 Å². The Morgan fingerprint density at radius 1 is 0.433 bits per heavy atom. The van der Waals surface area contributed by atoms with Crippen LogP contribution in [0.1, 0.15) is 5.56 Å². The van der Waals surface area contributed by atoms with Crippen LogP contribution in [0.4, 0.5) is 22.7 Å². The van der Waals surface area contributed by atoms with Crippen molar-refractivity contribution in [2.24, 2.45) is 21.1 Å². The number of hydrogen-bond donors (Lipinski definition) is 1. The van der Waals surface area contributed by atoms with E-state index in [4.69, 9.17) is 11.6 Å². The van der Waals surface area contributed by atoms with E-state index in [9.17, 15) is 16.8 Å². The van der Waals surface area contributed by atoms with Crippen molar-refractivity contribution in [1.82, 2.24) is 58.6 Å². The van der Waals surface area contributed by atoms with Gasteiger partial charge in [-0.3, -0.25) is 44.9 Å². The molecule has 0 aliphatic rings. The Bertz CT molecular complexity index is 5490. The van der Waals surface area contributed by atoms with E-state index in [0.29, 0.717) is 22.9 Å². The molecule has 0 saturated carbocycles. The largest absolute Gasteiger partial charge is 0.354 e. The maximum absolute atomic E-state index is 12.3. The van der Waals surface area contributed by atoms with Crippen molar-refractivity contribution >= 4 is 120 Å². The molecule has 0 aliphatic carbocycles. The van der Waals surface area contributed by atoms with Gasteiger partial charge in [0.1, 0.15) is 0 Å². The van der Waals surface area contributed by atoms with Gasteiger partial charge in [-0.15, -0.1) is 0 Å². The molecule has 9 aromatic heterocycles. The van der Waals surface area contributed by atoms with Gasteiger partial charge in [-0.1, -0.05) is 54.1 Å². The Labute approximate surface area is 522 Å². The zero-order valence-corrected chi connectivity index (χ0v) is 51.6. The van der Waals surface area contributed by atoms with Gasteiger partial charge in [0, 0.05) is 170 Å². The summed E-state index contributed by atoms with van der Waals surface area (Å²) in [6, 6.07) is 44.1. The third-order valence-corrected chi connectivity index (χ3v) is 17.9. The first-order valence-corrected chi connectivity index (χ1v) is 32.4. The van der Waals surface area contributed by atoms with Crippen LogP contribution in [0.3, 0.4) is 0 Å². The lowest BCUT2D eigenvalue weighted by Crippen LogP contribution is -2.17. The van der Waals surface area contributed by atoms with E-state index in [1.165, 1.54) is 34.9 Å². The van der Waals surface area contributed by atoms with Gasteiger partial charge in [0.05, 0.1) is 66.7 Å². The molecule has 0 unspecified atom stereocenters. The van der Waals surface area contributed by atoms with E-state index < -0.39 is 19.7 Å². The Morgan fingerprint density at radius 2 is 0.911 bits per heavy atom. The molecule has 18 nitrogen and oxygen atoms in total. The first-order chi connectivity index (χ1) is 43.5. The molecule has 0 saturated heterocycles. The molecular weight excluding hydrogens is 1190 g/mol. The second-order valence-corrected chi connectivity index (χ2v) is 26.2. The molecule has 0 atom stereocenters. The third-order valence-electron chi connectivity index (χ3n) is 15.5. The smallest absolute Gasteiger partial charge is 0.177 e. The van der Waals surface area contributed by atoms with Crippen LogP contribution < -0.4 is 10.2 Å². The highest BCUT2D eigenvalue weighted by Gasteiger charge is 2.20. The maximum Gasteiger partial charge on any atom is 0.177 e. The van der Waals surface area contributed by atoms with Crippen LogP contribution in [0.15, 0.2) is 236 Å². The van der Waals surface area contributed by atoms with E-state index in [0.717, 1.165) is 106 Å². The third kappa shape index (κ3) is 12.1. The molecule has 15 aromatic rings. The van der Waals surface area contributed by atoms with Gasteiger partial charge in [-0.25, -0.2) is 16.8 Å². The van der Waals surface area contributed by atoms with E-state index >= 15 is 0 Å². The summed E-state index contributed by atoms with van der Waals surface area (Å²) in [5.41, 5.74) is 17.9. The average molecular weight is 1240 g/mol. The van der Waals surface area contributed by atoms with Gasteiger partial charge < -0.3 is 23.9 Å². The van der Waals surface area contributed by atoms with Crippen molar-refractivity contribution in [3.8, 4) is 33.4 Å². The second kappa shape index (κ2) is 24.1. The van der Waals surface area contributed by atoms with Crippen LogP contribution in [0, 0.1) is 0 Å². The van der Waals surface area contributed by atoms with Crippen LogP contribution in [-0.2, 0) is 47.4 Å². The van der Waals surface area contributed by atoms with Gasteiger partial charge >= 0.3 is 0 Å². The van der Waals surface area contributed by atoms with Crippen molar-refractivity contribution in [3.63, 3.8) is 0 Å². The number of aromatic nitrogens is 12. The monoisotopic (exact) mass is 1240 g/mol. The summed E-state index contributed by atoms with van der Waals surface area (Å²) in [6.07, 6.45) is 28.1. The summed E-state index contributed by atoms with van der Waals surface area (Å²) in [5, 5.41) is 7.48. The minimum Gasteiger partial charge on any atom is -0.354 e. The lowest BCUT2D eigenvalue weighted by molar-refractivity contribution is 0.599. The first kappa shape index (κ1) is 58.2. The molecule has 21 heteroatoms. The summed E-state index contributed by atoms with van der Waals surface area (Å²) in [7, 11) is -0.708. The van der Waals surface area contributed by atoms with Gasteiger partial charge in [0.25, 0.3) is 0 Å². The highest BCUT2D eigenvalue weighted by Crippen LogP contribution is 2.39. The molecule has 6 aromatic carbocycles. The van der Waals surface area contributed by atoms with E-state index in [2.05, 4.69) is 149 Å². The van der Waals surface area contributed by atoms with Crippen molar-refractivity contribution < 1.29 is 16.8 Å². The Kier molecular flexibility index (Phi) is 15.6. The number of rotatable bonds is 11. The Morgan fingerprint density at radius 3 is 1.43 bits per heavy atom. The van der Waals surface area contributed by atoms with E-state index in [1.54, 1.807) is 74.1 Å². The van der Waals surface area contributed by atoms with Gasteiger partial charge in [0.15, 0.2) is 19.7 Å². The number of nitrogens with zero attached hydrogens (tertiary/aromatic N) is 13. The van der Waals surface area contributed by atoms with Crippen LogP contribution in [-0.4, -0.2) is 87.9 Å². The number of nitrogens with one attached hydrogen (secondary N) is 1. The van der Waals surface area contributed by atoms with Crippen molar-refractivity contribution in [1.29, 1.82) is 0 Å². The van der Waals surface area contributed by atoms with E-state index in [1.807, 2.05) is 80.9 Å². The first-order valence-electron chi connectivity index (χ1n) is 28.3. The zero-order valence-electron chi connectivity index (χ0n) is 49.2. The quantitative estimate of drug-likeness (QED) is 0.127. The lowest BCUT2D eigenvalue weighted by Gasteiger charge is -2.26. The minimum atomic E-state index is -3.45. The highest BCUT2D eigenvalue weighted by atomic mass is 35.5. The molecule has 15 rings (SSSR count). The fraction of sp³-hybridized carbons (Fsp3) is 0.0870. The van der Waals surface area contributed by atoms with Crippen LogP contribution >= 0.6 is 11.6 Å². The number of pyridine rings is 3. The summed E-state index contributed by atoms with van der Waals surface area (Å²) < 4.78 is 54.7. The maximum atomic E-state index is 12.3. The number of sulfone groups is 2. The number of anilines is 4. The van der Waals surface area contributed by atoms with Crippen molar-refractivity contribution in [2.45, 2.75) is 16.3 Å². The molecular formula is C69H55ClN14O4S2. The van der Waals surface area contributed by atoms with Gasteiger partial charge in [-0.2, -0.15) is 0 Å². The molecule has 1 N–H and O–H groups in total.